The number of carbonyl (C=O) groups is 1. The lowest BCUT2D eigenvalue weighted by atomic mass is 10.2. The summed E-state index contributed by atoms with van der Waals surface area (Å²) in [7, 11) is 3.22. The molecule has 0 aliphatic heterocycles. The number of benzene rings is 1. The molecule has 0 fully saturated rings. The van der Waals surface area contributed by atoms with E-state index in [1.54, 1.807) is 13.2 Å². The molecule has 0 unspecified atom stereocenters. The average molecular weight is 440 g/mol. The molecule has 8 heteroatoms. The van der Waals surface area contributed by atoms with Gasteiger partial charge in [-0.25, -0.2) is 4.98 Å². The summed E-state index contributed by atoms with van der Waals surface area (Å²) in [5.74, 6) is -0.00197. The van der Waals surface area contributed by atoms with E-state index in [1.807, 2.05) is 29.6 Å². The van der Waals surface area contributed by atoms with Gasteiger partial charge in [0.25, 0.3) is 5.91 Å². The van der Waals surface area contributed by atoms with Crippen molar-refractivity contribution >= 4 is 45.0 Å². The molecule has 0 atom stereocenters. The lowest BCUT2D eigenvalue weighted by molar-refractivity contribution is 0.102. The van der Waals surface area contributed by atoms with Gasteiger partial charge < -0.3 is 4.74 Å². The Morgan fingerprint density at radius 2 is 2.09 bits per heavy atom. The van der Waals surface area contributed by atoms with Crippen molar-refractivity contribution in [3.63, 3.8) is 0 Å². The van der Waals surface area contributed by atoms with Gasteiger partial charge in [0.2, 0.25) is 5.88 Å². The highest BCUT2D eigenvalue weighted by Crippen LogP contribution is 2.26. The Labute approximate surface area is 150 Å². The fraction of sp³-hybridized carbons (Fsp3) is 0.133. The summed E-state index contributed by atoms with van der Waals surface area (Å²) < 4.78 is 7.80. The number of thiazole rings is 1. The number of carbonyl (C=O) groups excluding carboxylic acids is 1. The molecular formula is C15H13IN4O2S. The van der Waals surface area contributed by atoms with E-state index in [-0.39, 0.29) is 5.91 Å². The third-order valence-corrected chi connectivity index (χ3v) is 4.57. The standard InChI is InChI=1S/C15H13IN4O2S/c1-20-7-11(14(19-20)22-2)13(21)18-15-17-12(8-23-15)9-3-5-10(16)6-4-9/h3-8H,1-2H3,(H,17,18,21). The number of hydrogen-bond acceptors (Lipinski definition) is 5. The number of amides is 1. The summed E-state index contributed by atoms with van der Waals surface area (Å²) in [4.78, 5) is 16.8. The zero-order valence-corrected chi connectivity index (χ0v) is 15.4. The lowest BCUT2D eigenvalue weighted by Gasteiger charge is -2.01. The zero-order chi connectivity index (χ0) is 16.4. The molecule has 0 saturated heterocycles. The number of ether oxygens (including phenoxy) is 1. The first-order valence-electron chi connectivity index (χ1n) is 6.67. The Morgan fingerprint density at radius 3 is 2.78 bits per heavy atom. The zero-order valence-electron chi connectivity index (χ0n) is 12.4. The quantitative estimate of drug-likeness (QED) is 0.632. The maximum absolute atomic E-state index is 12.3. The van der Waals surface area contributed by atoms with Crippen LogP contribution < -0.4 is 10.1 Å². The van der Waals surface area contributed by atoms with Gasteiger partial charge in [-0.15, -0.1) is 16.4 Å². The van der Waals surface area contributed by atoms with Crippen LogP contribution in [0.4, 0.5) is 5.13 Å². The van der Waals surface area contributed by atoms with Gasteiger partial charge in [-0.3, -0.25) is 14.8 Å². The van der Waals surface area contributed by atoms with Gasteiger partial charge in [-0.2, -0.15) is 0 Å². The van der Waals surface area contributed by atoms with Crippen LogP contribution >= 0.6 is 33.9 Å². The predicted octanol–water partition coefficient (Wildman–Crippen LogP) is 3.41. The fourth-order valence-electron chi connectivity index (χ4n) is 2.02. The maximum Gasteiger partial charge on any atom is 0.264 e. The van der Waals surface area contributed by atoms with Crippen molar-refractivity contribution in [1.82, 2.24) is 14.8 Å². The predicted molar refractivity (Wildman–Crippen MR) is 98.0 cm³/mol. The Bertz CT molecular complexity index is 842. The number of hydrogen-bond donors (Lipinski definition) is 1. The monoisotopic (exact) mass is 440 g/mol. The molecule has 23 heavy (non-hydrogen) atoms. The van der Waals surface area contributed by atoms with E-state index >= 15 is 0 Å². The molecule has 1 amide bonds. The normalized spacial score (nSPS) is 10.6. The van der Waals surface area contributed by atoms with E-state index in [0.29, 0.717) is 16.6 Å². The van der Waals surface area contributed by atoms with Crippen molar-refractivity contribution in [1.29, 1.82) is 0 Å². The highest BCUT2D eigenvalue weighted by atomic mass is 127. The second-order valence-corrected chi connectivity index (χ2v) is 6.83. The Balaban J connectivity index is 1.78. The number of nitrogens with zero attached hydrogens (tertiary/aromatic N) is 3. The largest absolute Gasteiger partial charge is 0.479 e. The van der Waals surface area contributed by atoms with Gasteiger partial charge in [0, 0.05) is 27.8 Å². The SMILES string of the molecule is COc1nn(C)cc1C(=O)Nc1nc(-c2ccc(I)cc2)cs1. The van der Waals surface area contributed by atoms with Gasteiger partial charge in [0.1, 0.15) is 5.56 Å². The van der Waals surface area contributed by atoms with Crippen molar-refractivity contribution < 1.29 is 9.53 Å². The summed E-state index contributed by atoms with van der Waals surface area (Å²) in [6.45, 7) is 0. The minimum absolute atomic E-state index is 0.291. The van der Waals surface area contributed by atoms with Crippen molar-refractivity contribution in [3.8, 4) is 17.1 Å². The van der Waals surface area contributed by atoms with E-state index < -0.39 is 0 Å². The molecule has 3 aromatic rings. The van der Waals surface area contributed by atoms with Gasteiger partial charge >= 0.3 is 0 Å². The molecule has 0 saturated carbocycles. The molecule has 3 rings (SSSR count). The van der Waals surface area contributed by atoms with E-state index in [2.05, 4.69) is 38.0 Å². The topological polar surface area (TPSA) is 69.0 Å². The second-order valence-electron chi connectivity index (χ2n) is 4.72. The van der Waals surface area contributed by atoms with Crippen LogP contribution in [0.15, 0.2) is 35.8 Å². The van der Waals surface area contributed by atoms with Crippen molar-refractivity contribution in [2.24, 2.45) is 7.05 Å². The molecule has 2 heterocycles. The summed E-state index contributed by atoms with van der Waals surface area (Å²) in [6.07, 6.45) is 1.61. The molecule has 0 bridgehead atoms. The molecule has 1 N–H and O–H groups in total. The maximum atomic E-state index is 12.3. The Morgan fingerprint density at radius 1 is 1.35 bits per heavy atom. The van der Waals surface area contributed by atoms with E-state index in [4.69, 9.17) is 4.74 Å². The minimum Gasteiger partial charge on any atom is -0.479 e. The minimum atomic E-state index is -0.293. The van der Waals surface area contributed by atoms with Gasteiger partial charge in [0.05, 0.1) is 12.8 Å². The first-order valence-corrected chi connectivity index (χ1v) is 8.63. The number of methoxy groups -OCH3 is 1. The Hall–Kier alpha value is -1.94. The van der Waals surface area contributed by atoms with Crippen LogP contribution in [0.25, 0.3) is 11.3 Å². The van der Waals surface area contributed by atoms with Gasteiger partial charge in [-0.05, 0) is 34.7 Å². The van der Waals surface area contributed by atoms with Gasteiger partial charge in [0.15, 0.2) is 5.13 Å². The highest BCUT2D eigenvalue weighted by molar-refractivity contribution is 14.1. The van der Waals surface area contributed by atoms with Crippen molar-refractivity contribution in [3.05, 3.63) is 45.0 Å². The van der Waals surface area contributed by atoms with E-state index in [9.17, 15) is 4.79 Å². The number of halogens is 1. The smallest absolute Gasteiger partial charge is 0.264 e. The van der Waals surface area contributed by atoms with Crippen LogP contribution in [0.5, 0.6) is 5.88 Å². The molecule has 1 aromatic carbocycles. The number of anilines is 1. The molecule has 2 aromatic heterocycles. The van der Waals surface area contributed by atoms with Crippen LogP contribution in [-0.2, 0) is 7.05 Å². The summed E-state index contributed by atoms with van der Waals surface area (Å²) in [5.41, 5.74) is 2.22. The first-order chi connectivity index (χ1) is 11.1. The fourth-order valence-corrected chi connectivity index (χ4v) is 3.10. The first kappa shape index (κ1) is 15.9. The van der Waals surface area contributed by atoms with Crippen molar-refractivity contribution in [2.45, 2.75) is 0 Å². The summed E-state index contributed by atoms with van der Waals surface area (Å²) in [5, 5.41) is 9.30. The number of aromatic nitrogens is 3. The third kappa shape index (κ3) is 3.53. The third-order valence-electron chi connectivity index (χ3n) is 3.10. The molecule has 0 aliphatic rings. The molecular weight excluding hydrogens is 427 g/mol. The Kier molecular flexibility index (Phi) is 4.62. The van der Waals surface area contributed by atoms with Crippen LogP contribution in [0.3, 0.4) is 0 Å². The lowest BCUT2D eigenvalue weighted by Crippen LogP contribution is -2.12. The van der Waals surface area contributed by atoms with E-state index in [0.717, 1.165) is 11.3 Å². The summed E-state index contributed by atoms with van der Waals surface area (Å²) in [6, 6.07) is 8.06. The summed E-state index contributed by atoms with van der Waals surface area (Å²) >= 11 is 3.64. The number of rotatable bonds is 4. The van der Waals surface area contributed by atoms with Gasteiger partial charge in [-0.1, -0.05) is 12.1 Å². The van der Waals surface area contributed by atoms with Crippen LogP contribution in [-0.4, -0.2) is 27.8 Å². The average Bonchev–Trinajstić information content (AvgIpc) is 3.14. The van der Waals surface area contributed by atoms with Crippen LogP contribution in [0.1, 0.15) is 10.4 Å². The molecule has 0 aliphatic carbocycles. The second kappa shape index (κ2) is 6.67. The molecule has 6 nitrogen and oxygen atoms in total. The van der Waals surface area contributed by atoms with Crippen LogP contribution in [0, 0.1) is 3.57 Å². The van der Waals surface area contributed by atoms with E-state index in [1.165, 1.54) is 26.7 Å². The highest BCUT2D eigenvalue weighted by Gasteiger charge is 2.17. The number of aryl methyl sites for hydroxylation is 1. The molecule has 0 radical (unpaired) electrons. The molecule has 0 spiro atoms. The van der Waals surface area contributed by atoms with Crippen molar-refractivity contribution in [2.75, 3.05) is 12.4 Å². The number of nitrogens with one attached hydrogen (secondary N) is 1. The molecule has 118 valence electrons. The van der Waals surface area contributed by atoms with Crippen LogP contribution in [0.2, 0.25) is 0 Å².